The van der Waals surface area contributed by atoms with Gasteiger partial charge >= 0.3 is 0 Å². The number of alkyl halides is 1. The highest BCUT2D eigenvalue weighted by Gasteiger charge is 2.16. The highest BCUT2D eigenvalue weighted by Crippen LogP contribution is 2.17. The van der Waals surface area contributed by atoms with Crippen molar-refractivity contribution in [2.75, 3.05) is 5.33 Å². The van der Waals surface area contributed by atoms with E-state index in [4.69, 9.17) is 0 Å². The molecule has 0 saturated carbocycles. The number of hydrogen-bond acceptors (Lipinski definition) is 2. The van der Waals surface area contributed by atoms with Crippen LogP contribution in [0.1, 0.15) is 29.8 Å². The lowest BCUT2D eigenvalue weighted by molar-refractivity contribution is 0.0931. The fourth-order valence-electron chi connectivity index (χ4n) is 1.39. The van der Waals surface area contributed by atoms with E-state index in [1.54, 1.807) is 19.1 Å². The van der Waals surface area contributed by atoms with Gasteiger partial charge in [-0.2, -0.15) is 0 Å². The number of benzene rings is 1. The molecule has 1 amide bonds. The molecule has 0 saturated heterocycles. The van der Waals surface area contributed by atoms with Gasteiger partial charge in [0.05, 0.1) is 0 Å². The molecule has 0 bridgehead atoms. The van der Waals surface area contributed by atoms with Crippen molar-refractivity contribution in [3.63, 3.8) is 0 Å². The first-order valence-corrected chi connectivity index (χ1v) is 6.74. The largest absolute Gasteiger partial charge is 0.508 e. The minimum atomic E-state index is -0.154. The third-order valence-electron chi connectivity index (χ3n) is 2.76. The molecule has 1 rings (SSSR count). The van der Waals surface area contributed by atoms with Crippen LogP contribution >= 0.6 is 15.9 Å². The van der Waals surface area contributed by atoms with Crippen molar-refractivity contribution in [1.29, 1.82) is 0 Å². The molecule has 0 aliphatic heterocycles. The summed E-state index contributed by atoms with van der Waals surface area (Å²) in [7, 11) is 0. The van der Waals surface area contributed by atoms with E-state index < -0.39 is 0 Å². The van der Waals surface area contributed by atoms with E-state index in [2.05, 4.69) is 35.1 Å². The predicted octanol–water partition coefficient (Wildman–Crippen LogP) is 2.85. The molecule has 0 aromatic heterocycles. The SMILES string of the molecule is Cc1ccc(C(=O)NC(CBr)C(C)C)cc1O. The number of nitrogens with one attached hydrogen (secondary N) is 1. The van der Waals surface area contributed by atoms with Gasteiger partial charge < -0.3 is 10.4 Å². The highest BCUT2D eigenvalue weighted by molar-refractivity contribution is 9.09. The minimum absolute atomic E-state index is 0.0888. The fourth-order valence-corrected chi connectivity index (χ4v) is 2.30. The summed E-state index contributed by atoms with van der Waals surface area (Å²) in [4.78, 5) is 11.9. The second kappa shape index (κ2) is 6.05. The monoisotopic (exact) mass is 299 g/mol. The Labute approximate surface area is 110 Å². The summed E-state index contributed by atoms with van der Waals surface area (Å²) in [6.45, 7) is 5.91. The number of phenols is 1. The normalized spacial score (nSPS) is 12.5. The number of carbonyl (C=O) groups excluding carboxylic acids is 1. The van der Waals surface area contributed by atoms with E-state index in [-0.39, 0.29) is 17.7 Å². The molecular weight excluding hydrogens is 282 g/mol. The van der Waals surface area contributed by atoms with Gasteiger partial charge in [-0.3, -0.25) is 4.79 Å². The van der Waals surface area contributed by atoms with E-state index in [9.17, 15) is 9.90 Å². The molecule has 1 aromatic carbocycles. The van der Waals surface area contributed by atoms with Crippen molar-refractivity contribution in [1.82, 2.24) is 5.32 Å². The Morgan fingerprint density at radius 2 is 2.12 bits per heavy atom. The average Bonchev–Trinajstić information content (AvgIpc) is 2.28. The molecule has 17 heavy (non-hydrogen) atoms. The van der Waals surface area contributed by atoms with E-state index in [1.807, 2.05) is 0 Å². The Balaban J connectivity index is 2.79. The van der Waals surface area contributed by atoms with Gasteiger partial charge in [0, 0.05) is 16.9 Å². The Hall–Kier alpha value is -1.03. The predicted molar refractivity (Wildman–Crippen MR) is 72.7 cm³/mol. The van der Waals surface area contributed by atoms with Gasteiger partial charge in [0.25, 0.3) is 5.91 Å². The first-order chi connectivity index (χ1) is 7.95. The fraction of sp³-hybridized carbons (Fsp3) is 0.462. The Kier molecular flexibility index (Phi) is 5.00. The van der Waals surface area contributed by atoms with Gasteiger partial charge in [0.15, 0.2) is 0 Å². The van der Waals surface area contributed by atoms with E-state index >= 15 is 0 Å². The highest BCUT2D eigenvalue weighted by atomic mass is 79.9. The van der Waals surface area contributed by atoms with Gasteiger partial charge in [-0.15, -0.1) is 0 Å². The zero-order valence-electron chi connectivity index (χ0n) is 10.3. The zero-order valence-corrected chi connectivity index (χ0v) is 11.9. The van der Waals surface area contributed by atoms with E-state index in [0.29, 0.717) is 16.8 Å². The number of phenolic OH excluding ortho intramolecular Hbond substituents is 1. The minimum Gasteiger partial charge on any atom is -0.508 e. The van der Waals surface area contributed by atoms with Crippen LogP contribution in [0.5, 0.6) is 5.75 Å². The van der Waals surface area contributed by atoms with Crippen molar-refractivity contribution < 1.29 is 9.90 Å². The molecule has 2 N–H and O–H groups in total. The van der Waals surface area contributed by atoms with Crippen molar-refractivity contribution in [2.24, 2.45) is 5.92 Å². The van der Waals surface area contributed by atoms with Crippen LogP contribution in [0.25, 0.3) is 0 Å². The number of carbonyl (C=O) groups is 1. The van der Waals surface area contributed by atoms with Gasteiger partial charge in [-0.1, -0.05) is 35.8 Å². The number of halogens is 1. The summed E-state index contributed by atoms with van der Waals surface area (Å²) in [6.07, 6.45) is 0. The maximum absolute atomic E-state index is 11.9. The average molecular weight is 300 g/mol. The number of aryl methyl sites for hydroxylation is 1. The third kappa shape index (κ3) is 3.73. The maximum Gasteiger partial charge on any atom is 0.251 e. The molecule has 1 aromatic rings. The molecular formula is C13H18BrNO2. The molecule has 1 atom stereocenters. The van der Waals surface area contributed by atoms with Crippen molar-refractivity contribution in [3.8, 4) is 5.75 Å². The van der Waals surface area contributed by atoms with Gasteiger partial charge in [-0.25, -0.2) is 0 Å². The van der Waals surface area contributed by atoms with Crippen LogP contribution in [0.15, 0.2) is 18.2 Å². The van der Waals surface area contributed by atoms with Crippen LogP contribution < -0.4 is 5.32 Å². The van der Waals surface area contributed by atoms with Crippen LogP contribution in [0.4, 0.5) is 0 Å². The third-order valence-corrected chi connectivity index (χ3v) is 3.46. The Bertz CT molecular complexity index is 404. The Morgan fingerprint density at radius 1 is 1.47 bits per heavy atom. The maximum atomic E-state index is 11.9. The molecule has 1 unspecified atom stereocenters. The lowest BCUT2D eigenvalue weighted by Gasteiger charge is -2.20. The smallest absolute Gasteiger partial charge is 0.251 e. The van der Waals surface area contributed by atoms with Gasteiger partial charge in [-0.05, 0) is 30.5 Å². The molecule has 0 aliphatic rings. The molecule has 0 aliphatic carbocycles. The number of amides is 1. The summed E-state index contributed by atoms with van der Waals surface area (Å²) < 4.78 is 0. The standard InChI is InChI=1S/C13H18BrNO2/c1-8(2)11(7-14)15-13(17)10-5-4-9(3)12(16)6-10/h4-6,8,11,16H,7H2,1-3H3,(H,15,17). The van der Waals surface area contributed by atoms with E-state index in [0.717, 1.165) is 5.56 Å². The second-order valence-electron chi connectivity index (χ2n) is 4.48. The van der Waals surface area contributed by atoms with Gasteiger partial charge in [0.2, 0.25) is 0 Å². The first kappa shape index (κ1) is 14.0. The van der Waals surface area contributed by atoms with Crippen molar-refractivity contribution >= 4 is 21.8 Å². The number of hydrogen-bond donors (Lipinski definition) is 2. The number of rotatable bonds is 4. The molecule has 94 valence electrons. The lowest BCUT2D eigenvalue weighted by atomic mass is 10.1. The molecule has 0 fully saturated rings. The zero-order chi connectivity index (χ0) is 13.0. The van der Waals surface area contributed by atoms with Gasteiger partial charge in [0.1, 0.15) is 5.75 Å². The lowest BCUT2D eigenvalue weighted by Crippen LogP contribution is -2.39. The molecule has 4 heteroatoms. The summed E-state index contributed by atoms with van der Waals surface area (Å²) in [6, 6.07) is 5.04. The summed E-state index contributed by atoms with van der Waals surface area (Å²) >= 11 is 3.38. The molecule has 3 nitrogen and oxygen atoms in total. The van der Waals surface area contributed by atoms with Crippen molar-refractivity contribution in [2.45, 2.75) is 26.8 Å². The molecule has 0 heterocycles. The van der Waals surface area contributed by atoms with Crippen LogP contribution in [0.3, 0.4) is 0 Å². The van der Waals surface area contributed by atoms with Crippen LogP contribution in [0.2, 0.25) is 0 Å². The van der Waals surface area contributed by atoms with Crippen LogP contribution in [-0.2, 0) is 0 Å². The van der Waals surface area contributed by atoms with Crippen LogP contribution in [0, 0.1) is 12.8 Å². The summed E-state index contributed by atoms with van der Waals surface area (Å²) in [5, 5.41) is 13.2. The summed E-state index contributed by atoms with van der Waals surface area (Å²) in [5.74, 6) is 0.355. The van der Waals surface area contributed by atoms with Crippen molar-refractivity contribution in [3.05, 3.63) is 29.3 Å². The Morgan fingerprint density at radius 3 is 2.59 bits per heavy atom. The quantitative estimate of drug-likeness (QED) is 0.840. The topological polar surface area (TPSA) is 49.3 Å². The molecule has 0 radical (unpaired) electrons. The summed E-state index contributed by atoms with van der Waals surface area (Å²) in [5.41, 5.74) is 1.25. The second-order valence-corrected chi connectivity index (χ2v) is 5.13. The molecule has 0 spiro atoms. The first-order valence-electron chi connectivity index (χ1n) is 5.62. The van der Waals surface area contributed by atoms with Crippen LogP contribution in [-0.4, -0.2) is 22.4 Å². The number of aromatic hydroxyl groups is 1. The van der Waals surface area contributed by atoms with E-state index in [1.165, 1.54) is 6.07 Å².